The molecular formula is C35H27N5O. The topological polar surface area (TPSA) is 79.6 Å². The minimum absolute atomic E-state index is 0.336. The van der Waals surface area contributed by atoms with Crippen molar-refractivity contribution in [2.24, 2.45) is 7.05 Å². The summed E-state index contributed by atoms with van der Waals surface area (Å²) in [6, 6.07) is 37.4. The van der Waals surface area contributed by atoms with E-state index in [0.29, 0.717) is 34.0 Å². The van der Waals surface area contributed by atoms with Crippen LogP contribution in [0, 0.1) is 22.7 Å². The predicted octanol–water partition coefficient (Wildman–Crippen LogP) is 7.64. The summed E-state index contributed by atoms with van der Waals surface area (Å²) >= 11 is 0. The molecule has 6 heteroatoms. The van der Waals surface area contributed by atoms with Crippen molar-refractivity contribution in [1.82, 2.24) is 14.1 Å². The van der Waals surface area contributed by atoms with E-state index in [0.717, 1.165) is 17.0 Å². The summed E-state index contributed by atoms with van der Waals surface area (Å²) in [7, 11) is 1.90. The maximum atomic E-state index is 10.8. The van der Waals surface area contributed by atoms with Gasteiger partial charge in [0.1, 0.15) is 17.3 Å². The summed E-state index contributed by atoms with van der Waals surface area (Å²) < 4.78 is 10.4. The Morgan fingerprint density at radius 2 is 1.51 bits per heavy atom. The molecule has 2 heterocycles. The van der Waals surface area contributed by atoms with Gasteiger partial charge in [0.05, 0.1) is 35.4 Å². The molecule has 1 unspecified atom stereocenters. The number of nitriles is 2. The van der Waals surface area contributed by atoms with Gasteiger partial charge in [-0.25, -0.2) is 4.98 Å². The molecule has 0 saturated heterocycles. The van der Waals surface area contributed by atoms with Gasteiger partial charge in [-0.3, -0.25) is 0 Å². The van der Waals surface area contributed by atoms with Crippen molar-refractivity contribution in [1.29, 1.82) is 10.5 Å². The molecule has 0 aliphatic carbocycles. The molecule has 0 bridgehead atoms. The van der Waals surface area contributed by atoms with Crippen LogP contribution in [-0.4, -0.2) is 14.1 Å². The van der Waals surface area contributed by atoms with Gasteiger partial charge < -0.3 is 13.9 Å². The third kappa shape index (κ3) is 5.49. The van der Waals surface area contributed by atoms with E-state index in [-0.39, 0.29) is 0 Å². The zero-order valence-corrected chi connectivity index (χ0v) is 22.6. The molecule has 0 amide bonds. The van der Waals surface area contributed by atoms with Gasteiger partial charge in [0.2, 0.25) is 0 Å². The number of ether oxygens (including phenoxy) is 1. The molecule has 6 nitrogen and oxygen atoms in total. The normalized spacial score (nSPS) is 12.5. The second-order valence-corrected chi connectivity index (χ2v) is 9.22. The fourth-order valence-corrected chi connectivity index (χ4v) is 4.86. The standard InChI is InChI=1S/C35H27N5O/c1-3-40-30(26-13-7-4-8-14-26)19-20-31(40)33(35-38-23-24-39(35)2)29(25-37)34(28-17-11-6-12-18-28)41-32(21-22-36)27-15-9-5-10-16-27/h3-21,23-24,33H,1H2,2H3/b32-21-,34-29+. The molecule has 0 fully saturated rings. The van der Waals surface area contributed by atoms with Crippen LogP contribution in [-0.2, 0) is 11.8 Å². The number of allylic oxidation sites excluding steroid dienone is 2. The van der Waals surface area contributed by atoms with E-state index in [1.165, 1.54) is 6.08 Å². The molecule has 2 aromatic heterocycles. The van der Waals surface area contributed by atoms with Gasteiger partial charge in [-0.15, -0.1) is 0 Å². The Hall–Kier alpha value is -5.85. The average Bonchev–Trinajstić information content (AvgIpc) is 3.65. The van der Waals surface area contributed by atoms with E-state index in [1.54, 1.807) is 12.4 Å². The van der Waals surface area contributed by atoms with Crippen LogP contribution in [0.15, 0.2) is 134 Å². The summed E-state index contributed by atoms with van der Waals surface area (Å²) in [5.74, 6) is 0.710. The summed E-state index contributed by atoms with van der Waals surface area (Å²) in [4.78, 5) is 4.68. The number of aromatic nitrogens is 3. The number of imidazole rings is 1. The lowest BCUT2D eigenvalue weighted by molar-refractivity contribution is 0.465. The average molecular weight is 534 g/mol. The van der Waals surface area contributed by atoms with Crippen molar-refractivity contribution in [2.45, 2.75) is 5.92 Å². The van der Waals surface area contributed by atoms with Crippen LogP contribution in [0.5, 0.6) is 0 Å². The van der Waals surface area contributed by atoms with Gasteiger partial charge in [0.25, 0.3) is 0 Å². The molecule has 1 atom stereocenters. The smallest absolute Gasteiger partial charge is 0.149 e. The van der Waals surface area contributed by atoms with Crippen molar-refractivity contribution in [3.63, 3.8) is 0 Å². The second kappa shape index (κ2) is 12.3. The van der Waals surface area contributed by atoms with Gasteiger partial charge >= 0.3 is 0 Å². The molecule has 5 rings (SSSR count). The first-order valence-corrected chi connectivity index (χ1v) is 13.0. The Kier molecular flexibility index (Phi) is 8.05. The van der Waals surface area contributed by atoms with Crippen molar-refractivity contribution in [3.8, 4) is 23.4 Å². The van der Waals surface area contributed by atoms with Crippen LogP contribution in [0.25, 0.3) is 29.0 Å². The molecular weight excluding hydrogens is 506 g/mol. The molecule has 0 saturated carbocycles. The Labute approximate surface area is 239 Å². The van der Waals surface area contributed by atoms with Gasteiger partial charge in [0.15, 0.2) is 0 Å². The predicted molar refractivity (Wildman–Crippen MR) is 161 cm³/mol. The van der Waals surface area contributed by atoms with Crippen LogP contribution in [0.4, 0.5) is 0 Å². The fraction of sp³-hybridized carbons (Fsp3) is 0.0571. The molecule has 5 aromatic rings. The molecule has 0 radical (unpaired) electrons. The number of nitrogens with zero attached hydrogens (tertiary/aromatic N) is 5. The fourth-order valence-electron chi connectivity index (χ4n) is 4.86. The van der Waals surface area contributed by atoms with Crippen molar-refractivity contribution in [3.05, 3.63) is 156 Å². The van der Waals surface area contributed by atoms with Crippen molar-refractivity contribution < 1.29 is 4.74 Å². The van der Waals surface area contributed by atoms with E-state index in [4.69, 9.17) is 4.74 Å². The van der Waals surface area contributed by atoms with E-state index in [1.807, 2.05) is 126 Å². The van der Waals surface area contributed by atoms with Gasteiger partial charge in [-0.1, -0.05) is 97.6 Å². The monoisotopic (exact) mass is 533 g/mol. The largest absolute Gasteiger partial charge is 0.454 e. The van der Waals surface area contributed by atoms with Crippen LogP contribution in [0.3, 0.4) is 0 Å². The van der Waals surface area contributed by atoms with Crippen LogP contribution in [0.2, 0.25) is 0 Å². The lowest BCUT2D eigenvalue weighted by Gasteiger charge is -2.22. The van der Waals surface area contributed by atoms with Crippen LogP contribution in [0.1, 0.15) is 28.6 Å². The highest BCUT2D eigenvalue weighted by Gasteiger charge is 2.31. The Bertz CT molecular complexity index is 1800. The number of aryl methyl sites for hydroxylation is 1. The number of hydrogen-bond donors (Lipinski definition) is 0. The first kappa shape index (κ1) is 26.7. The maximum Gasteiger partial charge on any atom is 0.149 e. The van der Waals surface area contributed by atoms with Crippen molar-refractivity contribution in [2.75, 3.05) is 0 Å². The third-order valence-electron chi connectivity index (χ3n) is 6.77. The lowest BCUT2D eigenvalue weighted by atomic mass is 9.92. The van der Waals surface area contributed by atoms with E-state index in [2.05, 4.69) is 23.7 Å². The van der Waals surface area contributed by atoms with Gasteiger partial charge in [0, 0.05) is 42.5 Å². The van der Waals surface area contributed by atoms with Crippen molar-refractivity contribution >= 4 is 17.7 Å². The molecule has 198 valence electrons. The first-order chi connectivity index (χ1) is 20.2. The Balaban J connectivity index is 1.79. The highest BCUT2D eigenvalue weighted by Crippen LogP contribution is 2.40. The van der Waals surface area contributed by atoms with Crippen LogP contribution >= 0.6 is 0 Å². The minimum Gasteiger partial charge on any atom is -0.454 e. The molecule has 0 aliphatic rings. The summed E-state index contributed by atoms with van der Waals surface area (Å²) in [5.41, 5.74) is 4.50. The molecule has 0 aliphatic heterocycles. The first-order valence-electron chi connectivity index (χ1n) is 13.0. The third-order valence-corrected chi connectivity index (χ3v) is 6.77. The zero-order chi connectivity index (χ0) is 28.6. The lowest BCUT2D eigenvalue weighted by Crippen LogP contribution is -2.15. The highest BCUT2D eigenvalue weighted by molar-refractivity contribution is 5.76. The van der Waals surface area contributed by atoms with Gasteiger partial charge in [-0.2, -0.15) is 10.5 Å². The van der Waals surface area contributed by atoms with E-state index >= 15 is 0 Å². The summed E-state index contributed by atoms with van der Waals surface area (Å²) in [5, 5.41) is 20.5. The summed E-state index contributed by atoms with van der Waals surface area (Å²) in [6.07, 6.45) is 6.66. The number of rotatable bonds is 9. The van der Waals surface area contributed by atoms with Gasteiger partial charge in [-0.05, 0) is 17.7 Å². The Morgan fingerprint density at radius 1 is 0.878 bits per heavy atom. The zero-order valence-electron chi connectivity index (χ0n) is 22.6. The summed E-state index contributed by atoms with van der Waals surface area (Å²) in [6.45, 7) is 4.10. The quantitative estimate of drug-likeness (QED) is 0.144. The maximum absolute atomic E-state index is 10.8. The second-order valence-electron chi connectivity index (χ2n) is 9.22. The van der Waals surface area contributed by atoms with E-state index < -0.39 is 5.92 Å². The van der Waals surface area contributed by atoms with E-state index in [9.17, 15) is 10.5 Å². The molecule has 3 aromatic carbocycles. The molecule has 0 spiro atoms. The SMILES string of the molecule is C=Cn1c(-c2ccccc2)ccc1C(/C(C#N)=C(/O/C(=C\C#N)c1ccccc1)c1ccccc1)c1nccn1C. The molecule has 41 heavy (non-hydrogen) atoms. The minimum atomic E-state index is -0.621. The number of hydrogen-bond acceptors (Lipinski definition) is 4. The molecule has 0 N–H and O–H groups in total. The van der Waals surface area contributed by atoms with Crippen LogP contribution < -0.4 is 0 Å². The number of benzene rings is 3. The highest BCUT2D eigenvalue weighted by atomic mass is 16.5. The Morgan fingerprint density at radius 3 is 2.07 bits per heavy atom.